The summed E-state index contributed by atoms with van der Waals surface area (Å²) in [4.78, 5) is 4.70. The smallest absolute Gasteiger partial charge is 0.248 e. The van der Waals surface area contributed by atoms with E-state index >= 15 is 0 Å². The van der Waals surface area contributed by atoms with Crippen molar-refractivity contribution in [1.29, 1.82) is 0 Å². The fraction of sp³-hybridized carbons (Fsp3) is 0. The number of hydrogen-bond acceptors (Lipinski definition) is 4. The van der Waals surface area contributed by atoms with Crippen molar-refractivity contribution in [2.75, 3.05) is 0 Å². The summed E-state index contributed by atoms with van der Waals surface area (Å²) in [5.74, 6) is 1.02. The van der Waals surface area contributed by atoms with E-state index in [9.17, 15) is 0 Å². The average molecular weight is 476 g/mol. The van der Waals surface area contributed by atoms with Crippen molar-refractivity contribution >= 4 is 21.5 Å². The Morgan fingerprint density at radius 1 is 0.405 bits per heavy atom. The first kappa shape index (κ1) is 21.2. The Hall–Kier alpha value is -5.09. The topological polar surface area (TPSA) is 51.8 Å². The molecular weight excluding hydrogens is 454 g/mol. The summed E-state index contributed by atoms with van der Waals surface area (Å²) in [7, 11) is 0. The lowest BCUT2D eigenvalue weighted by Crippen LogP contribution is -1.92. The Balaban J connectivity index is 1.38. The van der Waals surface area contributed by atoms with Crippen molar-refractivity contribution < 1.29 is 4.42 Å². The Labute approximate surface area is 213 Å². The summed E-state index contributed by atoms with van der Waals surface area (Å²) in [6, 6.07) is 41.4. The molecule has 5 aromatic carbocycles. The molecule has 174 valence electrons. The van der Waals surface area contributed by atoms with Crippen LogP contribution in [-0.4, -0.2) is 15.2 Å². The Kier molecular flexibility index (Phi) is 5.07. The molecule has 0 saturated carbocycles. The molecule has 37 heavy (non-hydrogen) atoms. The SMILES string of the molecule is c1ccc(-c2nnc(-c3ccc(-c4c5ccccc5c(-c5ccccn5)c5ccccc45)cc3)o2)cc1. The van der Waals surface area contributed by atoms with Gasteiger partial charge in [0.1, 0.15) is 0 Å². The third-order valence-electron chi connectivity index (χ3n) is 6.72. The van der Waals surface area contributed by atoms with Gasteiger partial charge >= 0.3 is 0 Å². The second-order valence-corrected chi connectivity index (χ2v) is 8.91. The van der Waals surface area contributed by atoms with Gasteiger partial charge in [-0.15, -0.1) is 10.2 Å². The second-order valence-electron chi connectivity index (χ2n) is 8.91. The van der Waals surface area contributed by atoms with E-state index in [1.54, 1.807) is 0 Å². The molecule has 2 aromatic heterocycles. The lowest BCUT2D eigenvalue weighted by atomic mass is 9.87. The van der Waals surface area contributed by atoms with Gasteiger partial charge in [-0.2, -0.15) is 0 Å². The summed E-state index contributed by atoms with van der Waals surface area (Å²) >= 11 is 0. The molecule has 0 aliphatic carbocycles. The van der Waals surface area contributed by atoms with E-state index < -0.39 is 0 Å². The zero-order valence-electron chi connectivity index (χ0n) is 19.9. The third-order valence-corrected chi connectivity index (χ3v) is 6.72. The molecular formula is C33H21N3O. The molecule has 0 amide bonds. The maximum atomic E-state index is 5.98. The van der Waals surface area contributed by atoms with Crippen LogP contribution in [0.4, 0.5) is 0 Å². The standard InChI is InChI=1S/C33H21N3O/c1-2-10-23(11-3-1)32-35-36-33(37-32)24-19-17-22(18-20-24)30-25-12-4-6-14-27(25)31(29-16-8-9-21-34-29)28-15-7-5-13-26(28)30/h1-21H. The number of benzene rings is 5. The average Bonchev–Trinajstić information content (AvgIpc) is 3.47. The number of rotatable bonds is 4. The zero-order chi connectivity index (χ0) is 24.6. The summed E-state index contributed by atoms with van der Waals surface area (Å²) in [5.41, 5.74) is 6.26. The van der Waals surface area contributed by atoms with Gasteiger partial charge < -0.3 is 4.42 Å². The molecule has 0 atom stereocenters. The number of fused-ring (bicyclic) bond motifs is 2. The van der Waals surface area contributed by atoms with Crippen LogP contribution in [0.5, 0.6) is 0 Å². The van der Waals surface area contributed by atoms with Crippen LogP contribution in [0.3, 0.4) is 0 Å². The van der Waals surface area contributed by atoms with Crippen LogP contribution in [0.15, 0.2) is 132 Å². The van der Waals surface area contributed by atoms with Crippen LogP contribution in [0.25, 0.3) is 66.8 Å². The normalized spacial score (nSPS) is 11.2. The molecule has 4 nitrogen and oxygen atoms in total. The van der Waals surface area contributed by atoms with Gasteiger partial charge in [0, 0.05) is 22.9 Å². The van der Waals surface area contributed by atoms with E-state index in [1.165, 1.54) is 27.1 Å². The van der Waals surface area contributed by atoms with Crippen molar-refractivity contribution in [3.05, 3.63) is 128 Å². The number of nitrogens with zero attached hydrogens (tertiary/aromatic N) is 3. The number of aromatic nitrogens is 3. The highest BCUT2D eigenvalue weighted by atomic mass is 16.4. The van der Waals surface area contributed by atoms with Gasteiger partial charge in [0.15, 0.2) is 0 Å². The monoisotopic (exact) mass is 475 g/mol. The first-order chi connectivity index (χ1) is 18.4. The molecule has 0 unspecified atom stereocenters. The minimum absolute atomic E-state index is 0.505. The Morgan fingerprint density at radius 3 is 1.46 bits per heavy atom. The molecule has 2 heterocycles. The number of hydrogen-bond donors (Lipinski definition) is 0. The molecule has 0 aliphatic heterocycles. The number of pyridine rings is 1. The van der Waals surface area contributed by atoms with Crippen LogP contribution >= 0.6 is 0 Å². The molecule has 0 aliphatic rings. The van der Waals surface area contributed by atoms with Crippen molar-refractivity contribution in [2.45, 2.75) is 0 Å². The van der Waals surface area contributed by atoms with Crippen LogP contribution in [-0.2, 0) is 0 Å². The Morgan fingerprint density at radius 2 is 0.892 bits per heavy atom. The first-order valence-corrected chi connectivity index (χ1v) is 12.2. The molecule has 0 bridgehead atoms. The lowest BCUT2D eigenvalue weighted by Gasteiger charge is -2.17. The van der Waals surface area contributed by atoms with Crippen LogP contribution in [0.1, 0.15) is 0 Å². The van der Waals surface area contributed by atoms with E-state index in [-0.39, 0.29) is 0 Å². The minimum atomic E-state index is 0.505. The minimum Gasteiger partial charge on any atom is -0.416 e. The van der Waals surface area contributed by atoms with Crippen molar-refractivity contribution in [3.8, 4) is 45.3 Å². The van der Waals surface area contributed by atoms with Gasteiger partial charge in [-0.3, -0.25) is 4.98 Å². The van der Waals surface area contributed by atoms with Crippen LogP contribution in [0, 0.1) is 0 Å². The summed E-state index contributed by atoms with van der Waals surface area (Å²) in [6.07, 6.45) is 1.85. The zero-order valence-corrected chi connectivity index (χ0v) is 19.9. The Bertz CT molecular complexity index is 1800. The molecule has 0 fully saturated rings. The van der Waals surface area contributed by atoms with Crippen LogP contribution in [0.2, 0.25) is 0 Å². The van der Waals surface area contributed by atoms with Gasteiger partial charge in [-0.25, -0.2) is 0 Å². The van der Waals surface area contributed by atoms with E-state index in [0.29, 0.717) is 11.8 Å². The summed E-state index contributed by atoms with van der Waals surface area (Å²) < 4.78 is 5.98. The predicted octanol–water partition coefficient (Wildman–Crippen LogP) is 8.44. The van der Waals surface area contributed by atoms with Gasteiger partial charge in [0.2, 0.25) is 11.8 Å². The van der Waals surface area contributed by atoms with Gasteiger partial charge in [-0.1, -0.05) is 84.9 Å². The molecule has 7 aromatic rings. The highest BCUT2D eigenvalue weighted by molar-refractivity contribution is 6.21. The van der Waals surface area contributed by atoms with Crippen molar-refractivity contribution in [1.82, 2.24) is 15.2 Å². The van der Waals surface area contributed by atoms with E-state index in [0.717, 1.165) is 27.9 Å². The van der Waals surface area contributed by atoms with Crippen LogP contribution < -0.4 is 0 Å². The van der Waals surface area contributed by atoms with Gasteiger partial charge in [0.05, 0.1) is 5.69 Å². The highest BCUT2D eigenvalue weighted by Gasteiger charge is 2.17. The third kappa shape index (κ3) is 3.67. The fourth-order valence-corrected chi connectivity index (χ4v) is 5.04. The molecule has 4 heteroatoms. The molecule has 7 rings (SSSR count). The van der Waals surface area contributed by atoms with E-state index in [4.69, 9.17) is 9.40 Å². The van der Waals surface area contributed by atoms with Gasteiger partial charge in [0.25, 0.3) is 0 Å². The summed E-state index contributed by atoms with van der Waals surface area (Å²) in [6.45, 7) is 0. The van der Waals surface area contributed by atoms with E-state index in [1.807, 2.05) is 60.8 Å². The maximum absolute atomic E-state index is 5.98. The maximum Gasteiger partial charge on any atom is 0.248 e. The van der Waals surface area contributed by atoms with Crippen molar-refractivity contribution in [2.24, 2.45) is 0 Å². The first-order valence-electron chi connectivity index (χ1n) is 12.2. The summed E-state index contributed by atoms with van der Waals surface area (Å²) in [5, 5.41) is 13.3. The quantitative estimate of drug-likeness (QED) is 0.240. The highest BCUT2D eigenvalue weighted by Crippen LogP contribution is 2.43. The fourth-order valence-electron chi connectivity index (χ4n) is 5.04. The second kappa shape index (κ2) is 8.85. The van der Waals surface area contributed by atoms with Gasteiger partial charge in [-0.05, 0) is 69.1 Å². The van der Waals surface area contributed by atoms with E-state index in [2.05, 4.69) is 76.9 Å². The lowest BCUT2D eigenvalue weighted by molar-refractivity contribution is 0.584. The predicted molar refractivity (Wildman–Crippen MR) is 149 cm³/mol. The molecule has 0 radical (unpaired) electrons. The molecule has 0 N–H and O–H groups in total. The largest absolute Gasteiger partial charge is 0.416 e. The molecule has 0 saturated heterocycles. The van der Waals surface area contributed by atoms with Crippen molar-refractivity contribution in [3.63, 3.8) is 0 Å². The molecule has 0 spiro atoms.